The number of pyridine rings is 1. The smallest absolute Gasteiger partial charge is 0.213 e. The van der Waals surface area contributed by atoms with E-state index >= 15 is 0 Å². The molecule has 110 valence electrons. The van der Waals surface area contributed by atoms with Crippen molar-refractivity contribution < 1.29 is 9.13 Å². The van der Waals surface area contributed by atoms with Crippen molar-refractivity contribution in [2.45, 2.75) is 12.5 Å². The highest BCUT2D eigenvalue weighted by atomic mass is 19.1. The molecule has 0 bridgehead atoms. The van der Waals surface area contributed by atoms with Crippen LogP contribution in [0.5, 0.6) is 5.88 Å². The van der Waals surface area contributed by atoms with Crippen molar-refractivity contribution in [2.75, 3.05) is 30.4 Å². The Bertz CT molecular complexity index is 585. The van der Waals surface area contributed by atoms with Gasteiger partial charge in [0.25, 0.3) is 0 Å². The monoisotopic (exact) mass is 287 g/mol. The Hall–Kier alpha value is -2.30. The average Bonchev–Trinajstić information content (AvgIpc) is 2.97. The quantitative estimate of drug-likeness (QED) is 0.938. The van der Waals surface area contributed by atoms with Crippen LogP contribution in [-0.2, 0) is 0 Å². The van der Waals surface area contributed by atoms with Crippen molar-refractivity contribution in [3.63, 3.8) is 0 Å². The molecule has 3 rings (SSSR count). The van der Waals surface area contributed by atoms with Crippen molar-refractivity contribution in [1.82, 2.24) is 4.98 Å². The summed E-state index contributed by atoms with van der Waals surface area (Å²) in [6.45, 7) is 1.70. The number of benzene rings is 1. The van der Waals surface area contributed by atoms with Crippen molar-refractivity contribution in [1.29, 1.82) is 0 Å². The first-order chi connectivity index (χ1) is 10.2. The maximum atomic E-state index is 12.9. The van der Waals surface area contributed by atoms with Crippen LogP contribution in [0.15, 0.2) is 42.6 Å². The highest BCUT2D eigenvalue weighted by Gasteiger charge is 2.24. The molecule has 0 saturated carbocycles. The zero-order chi connectivity index (χ0) is 14.7. The third kappa shape index (κ3) is 3.24. The van der Waals surface area contributed by atoms with Crippen LogP contribution in [0, 0.1) is 5.82 Å². The summed E-state index contributed by atoms with van der Waals surface area (Å²) in [5.74, 6) is 0.430. The Labute approximate surface area is 123 Å². The number of aromatic nitrogens is 1. The topological polar surface area (TPSA) is 37.4 Å². The zero-order valence-corrected chi connectivity index (χ0v) is 11.9. The fraction of sp³-hybridized carbons (Fsp3) is 0.312. The lowest BCUT2D eigenvalue weighted by atomic mass is 10.3. The molecule has 0 aliphatic carbocycles. The first-order valence-electron chi connectivity index (χ1n) is 7.05. The number of hydrogen-bond donors (Lipinski definition) is 1. The zero-order valence-electron chi connectivity index (χ0n) is 11.9. The van der Waals surface area contributed by atoms with E-state index < -0.39 is 0 Å². The van der Waals surface area contributed by atoms with Crippen LogP contribution in [0.2, 0.25) is 0 Å². The van der Waals surface area contributed by atoms with Gasteiger partial charge in [0.1, 0.15) is 11.9 Å². The number of nitrogens with zero attached hydrogens (tertiary/aromatic N) is 2. The minimum atomic E-state index is -0.209. The standard InChI is InChI=1S/C16H18FN3O/c1-18-13-4-7-16(19-10-13)21-15-8-9-20(11-15)14-5-2-12(17)3-6-14/h2-7,10,15,18H,8-9,11H2,1H3. The summed E-state index contributed by atoms with van der Waals surface area (Å²) in [5.41, 5.74) is 1.99. The lowest BCUT2D eigenvalue weighted by Crippen LogP contribution is -2.24. The van der Waals surface area contributed by atoms with Crippen molar-refractivity contribution in [2.24, 2.45) is 0 Å². The second-order valence-corrected chi connectivity index (χ2v) is 5.09. The molecule has 1 atom stereocenters. The van der Waals surface area contributed by atoms with Crippen LogP contribution < -0.4 is 15.0 Å². The maximum absolute atomic E-state index is 12.9. The largest absolute Gasteiger partial charge is 0.472 e. The van der Waals surface area contributed by atoms with Crippen LogP contribution in [0.25, 0.3) is 0 Å². The minimum Gasteiger partial charge on any atom is -0.472 e. The highest BCUT2D eigenvalue weighted by Crippen LogP contribution is 2.23. The van der Waals surface area contributed by atoms with Crippen molar-refractivity contribution in [3.8, 4) is 5.88 Å². The average molecular weight is 287 g/mol. The molecule has 1 fully saturated rings. The van der Waals surface area contributed by atoms with Crippen molar-refractivity contribution in [3.05, 3.63) is 48.4 Å². The van der Waals surface area contributed by atoms with Gasteiger partial charge in [-0.2, -0.15) is 0 Å². The Morgan fingerprint density at radius 2 is 2.05 bits per heavy atom. The van der Waals surface area contributed by atoms with Gasteiger partial charge in [-0.1, -0.05) is 0 Å². The molecule has 0 amide bonds. The van der Waals surface area contributed by atoms with Gasteiger partial charge in [-0.15, -0.1) is 0 Å². The van der Waals surface area contributed by atoms with E-state index in [9.17, 15) is 4.39 Å². The van der Waals surface area contributed by atoms with Gasteiger partial charge in [0, 0.05) is 31.8 Å². The summed E-state index contributed by atoms with van der Waals surface area (Å²) in [4.78, 5) is 6.47. The normalized spacial score (nSPS) is 17.8. The fourth-order valence-corrected chi connectivity index (χ4v) is 2.48. The molecule has 1 N–H and O–H groups in total. The van der Waals surface area contributed by atoms with E-state index in [2.05, 4.69) is 15.2 Å². The lowest BCUT2D eigenvalue weighted by Gasteiger charge is -2.18. The summed E-state index contributed by atoms with van der Waals surface area (Å²) in [7, 11) is 1.86. The Morgan fingerprint density at radius 1 is 1.24 bits per heavy atom. The number of rotatable bonds is 4. The molecule has 1 aliphatic heterocycles. The van der Waals surface area contributed by atoms with E-state index in [0.717, 1.165) is 30.9 Å². The summed E-state index contributed by atoms with van der Waals surface area (Å²) < 4.78 is 18.8. The van der Waals surface area contributed by atoms with E-state index in [1.165, 1.54) is 12.1 Å². The molecular formula is C16H18FN3O. The van der Waals surface area contributed by atoms with E-state index in [0.29, 0.717) is 5.88 Å². The van der Waals surface area contributed by atoms with E-state index in [4.69, 9.17) is 4.74 Å². The summed E-state index contributed by atoms with van der Waals surface area (Å²) >= 11 is 0. The summed E-state index contributed by atoms with van der Waals surface area (Å²) in [6, 6.07) is 10.4. The summed E-state index contributed by atoms with van der Waals surface area (Å²) in [5, 5.41) is 3.02. The van der Waals surface area contributed by atoms with Gasteiger partial charge in [-0.25, -0.2) is 9.37 Å². The van der Waals surface area contributed by atoms with Gasteiger partial charge < -0.3 is 15.0 Å². The molecule has 21 heavy (non-hydrogen) atoms. The Balaban J connectivity index is 1.60. The number of hydrogen-bond acceptors (Lipinski definition) is 4. The molecule has 2 heterocycles. The van der Waals surface area contributed by atoms with Gasteiger partial charge in [0.2, 0.25) is 5.88 Å². The van der Waals surface area contributed by atoms with Gasteiger partial charge in [-0.05, 0) is 30.3 Å². The predicted molar refractivity (Wildman–Crippen MR) is 81.4 cm³/mol. The molecule has 1 saturated heterocycles. The maximum Gasteiger partial charge on any atom is 0.213 e. The summed E-state index contributed by atoms with van der Waals surface area (Å²) in [6.07, 6.45) is 2.80. The molecule has 1 aromatic heterocycles. The predicted octanol–water partition coefficient (Wildman–Crippen LogP) is 2.92. The molecule has 4 nitrogen and oxygen atoms in total. The van der Waals surface area contributed by atoms with Gasteiger partial charge in [-0.3, -0.25) is 0 Å². The second kappa shape index (κ2) is 5.99. The number of anilines is 2. The third-order valence-corrected chi connectivity index (χ3v) is 3.65. The first-order valence-corrected chi connectivity index (χ1v) is 7.05. The number of ether oxygens (including phenoxy) is 1. The molecule has 0 spiro atoms. The van der Waals surface area contributed by atoms with E-state index in [1.54, 1.807) is 18.3 Å². The first kappa shape index (κ1) is 13.7. The van der Waals surface area contributed by atoms with Gasteiger partial charge >= 0.3 is 0 Å². The van der Waals surface area contributed by atoms with E-state index in [-0.39, 0.29) is 11.9 Å². The van der Waals surface area contributed by atoms with Gasteiger partial charge in [0.05, 0.1) is 18.4 Å². The second-order valence-electron chi connectivity index (χ2n) is 5.09. The molecular weight excluding hydrogens is 269 g/mol. The minimum absolute atomic E-state index is 0.114. The molecule has 1 aromatic carbocycles. The van der Waals surface area contributed by atoms with Crippen LogP contribution in [0.3, 0.4) is 0 Å². The Morgan fingerprint density at radius 3 is 2.71 bits per heavy atom. The van der Waals surface area contributed by atoms with Crippen LogP contribution >= 0.6 is 0 Å². The lowest BCUT2D eigenvalue weighted by molar-refractivity contribution is 0.216. The van der Waals surface area contributed by atoms with Gasteiger partial charge in [0.15, 0.2) is 0 Å². The number of halogens is 1. The number of nitrogens with one attached hydrogen (secondary N) is 1. The van der Waals surface area contributed by atoms with E-state index in [1.807, 2.05) is 19.2 Å². The van der Waals surface area contributed by atoms with Crippen LogP contribution in [0.1, 0.15) is 6.42 Å². The Kier molecular flexibility index (Phi) is 3.90. The molecule has 0 radical (unpaired) electrons. The van der Waals surface area contributed by atoms with Crippen molar-refractivity contribution >= 4 is 11.4 Å². The molecule has 1 unspecified atom stereocenters. The SMILES string of the molecule is CNc1ccc(OC2CCN(c3ccc(F)cc3)C2)nc1. The fourth-order valence-electron chi connectivity index (χ4n) is 2.48. The highest BCUT2D eigenvalue weighted by molar-refractivity contribution is 5.47. The molecule has 1 aliphatic rings. The third-order valence-electron chi connectivity index (χ3n) is 3.65. The van der Waals surface area contributed by atoms with Crippen LogP contribution in [-0.4, -0.2) is 31.2 Å². The molecule has 5 heteroatoms. The molecule has 2 aromatic rings. The van der Waals surface area contributed by atoms with Crippen LogP contribution in [0.4, 0.5) is 15.8 Å².